The van der Waals surface area contributed by atoms with Gasteiger partial charge >= 0.3 is 12.1 Å². The van der Waals surface area contributed by atoms with E-state index in [0.717, 1.165) is 5.56 Å². The Morgan fingerprint density at radius 1 is 1.19 bits per heavy atom. The standard InChI is InChI=1S/C20H29NO5/c1-5-25-18(23)16-8-6-14(7-9-16)17(22)15-10-12-21(13-11-15)19(24)26-20(2,3)4/h6-9,15,17,22H,5,10-13H2,1-4H3. The topological polar surface area (TPSA) is 76.1 Å². The third-order valence-corrected chi connectivity index (χ3v) is 4.40. The molecule has 1 amide bonds. The van der Waals surface area contributed by atoms with Crippen molar-refractivity contribution < 1.29 is 24.2 Å². The first-order valence-electron chi connectivity index (χ1n) is 9.14. The lowest BCUT2D eigenvalue weighted by atomic mass is 9.87. The molecule has 1 aromatic carbocycles. The predicted octanol–water partition coefficient (Wildman–Crippen LogP) is 3.54. The van der Waals surface area contributed by atoms with E-state index in [9.17, 15) is 14.7 Å². The molecule has 26 heavy (non-hydrogen) atoms. The Kier molecular flexibility index (Phi) is 6.64. The van der Waals surface area contributed by atoms with Crippen molar-refractivity contribution in [1.29, 1.82) is 0 Å². The van der Waals surface area contributed by atoms with Gasteiger partial charge in [0.2, 0.25) is 0 Å². The van der Waals surface area contributed by atoms with Gasteiger partial charge in [-0.3, -0.25) is 0 Å². The number of likely N-dealkylation sites (tertiary alicyclic amines) is 1. The van der Waals surface area contributed by atoms with Crippen molar-refractivity contribution in [3.05, 3.63) is 35.4 Å². The molecule has 1 heterocycles. The number of ether oxygens (including phenoxy) is 2. The summed E-state index contributed by atoms with van der Waals surface area (Å²) < 4.78 is 10.4. The molecule has 1 aromatic rings. The molecule has 6 nitrogen and oxygen atoms in total. The molecule has 1 unspecified atom stereocenters. The van der Waals surface area contributed by atoms with E-state index in [1.807, 2.05) is 20.8 Å². The zero-order chi connectivity index (χ0) is 19.3. The van der Waals surface area contributed by atoms with Crippen molar-refractivity contribution in [2.45, 2.75) is 52.2 Å². The molecule has 144 valence electrons. The maximum atomic E-state index is 12.1. The highest BCUT2D eigenvalue weighted by Crippen LogP contribution is 2.31. The average molecular weight is 363 g/mol. The molecule has 0 radical (unpaired) electrons. The Balaban J connectivity index is 1.90. The summed E-state index contributed by atoms with van der Waals surface area (Å²) in [5.41, 5.74) is 0.741. The van der Waals surface area contributed by atoms with Crippen LogP contribution in [0.1, 0.15) is 62.6 Å². The van der Waals surface area contributed by atoms with Crippen LogP contribution in [-0.4, -0.2) is 47.4 Å². The van der Waals surface area contributed by atoms with Crippen LogP contribution in [0.3, 0.4) is 0 Å². The fourth-order valence-corrected chi connectivity index (χ4v) is 3.03. The Hall–Kier alpha value is -2.08. The van der Waals surface area contributed by atoms with E-state index in [1.54, 1.807) is 36.1 Å². The van der Waals surface area contributed by atoms with Gasteiger partial charge in [0, 0.05) is 13.1 Å². The molecule has 1 atom stereocenters. The molecule has 1 fully saturated rings. The van der Waals surface area contributed by atoms with Gasteiger partial charge in [-0.1, -0.05) is 12.1 Å². The van der Waals surface area contributed by atoms with Gasteiger partial charge in [0.05, 0.1) is 18.3 Å². The smallest absolute Gasteiger partial charge is 0.410 e. The molecule has 6 heteroatoms. The van der Waals surface area contributed by atoms with Crippen molar-refractivity contribution in [2.24, 2.45) is 5.92 Å². The van der Waals surface area contributed by atoms with Gasteiger partial charge in [-0.15, -0.1) is 0 Å². The van der Waals surface area contributed by atoms with E-state index in [2.05, 4.69) is 0 Å². The maximum absolute atomic E-state index is 12.1. The number of benzene rings is 1. The second kappa shape index (κ2) is 8.54. The maximum Gasteiger partial charge on any atom is 0.410 e. The number of aliphatic hydroxyl groups is 1. The first-order valence-corrected chi connectivity index (χ1v) is 9.14. The van der Waals surface area contributed by atoms with Crippen molar-refractivity contribution >= 4 is 12.1 Å². The minimum Gasteiger partial charge on any atom is -0.462 e. The number of hydrogen-bond donors (Lipinski definition) is 1. The van der Waals surface area contributed by atoms with Crippen LogP contribution in [0.15, 0.2) is 24.3 Å². The van der Waals surface area contributed by atoms with Crippen LogP contribution in [0.25, 0.3) is 0 Å². The number of nitrogens with zero attached hydrogens (tertiary/aromatic N) is 1. The molecule has 0 saturated carbocycles. The number of piperidine rings is 1. The van der Waals surface area contributed by atoms with Gasteiger partial charge in [0.15, 0.2) is 0 Å². The number of carbonyl (C=O) groups is 2. The van der Waals surface area contributed by atoms with Crippen LogP contribution < -0.4 is 0 Å². The zero-order valence-corrected chi connectivity index (χ0v) is 16.0. The fourth-order valence-electron chi connectivity index (χ4n) is 3.03. The molecule has 2 rings (SSSR count). The highest BCUT2D eigenvalue weighted by molar-refractivity contribution is 5.89. The van der Waals surface area contributed by atoms with Gasteiger partial charge in [-0.05, 0) is 64.2 Å². The number of aliphatic hydroxyl groups excluding tert-OH is 1. The molecule has 1 saturated heterocycles. The summed E-state index contributed by atoms with van der Waals surface area (Å²) in [5.74, 6) is -0.290. The van der Waals surface area contributed by atoms with E-state index in [1.165, 1.54) is 0 Å². The number of amides is 1. The Morgan fingerprint density at radius 3 is 2.27 bits per heavy atom. The minimum absolute atomic E-state index is 0.0714. The Labute approximate surface area is 155 Å². The summed E-state index contributed by atoms with van der Waals surface area (Å²) in [6, 6.07) is 6.87. The predicted molar refractivity (Wildman–Crippen MR) is 97.9 cm³/mol. The number of hydrogen-bond acceptors (Lipinski definition) is 5. The number of rotatable bonds is 4. The minimum atomic E-state index is -0.618. The lowest BCUT2D eigenvalue weighted by Crippen LogP contribution is -2.42. The van der Waals surface area contributed by atoms with Crippen LogP contribution in [-0.2, 0) is 9.47 Å². The van der Waals surface area contributed by atoms with Crippen molar-refractivity contribution in [1.82, 2.24) is 4.90 Å². The molecule has 0 bridgehead atoms. The van der Waals surface area contributed by atoms with Crippen molar-refractivity contribution in [3.8, 4) is 0 Å². The number of carbonyl (C=O) groups excluding carboxylic acids is 2. The second-order valence-electron chi connectivity index (χ2n) is 7.59. The summed E-state index contributed by atoms with van der Waals surface area (Å²) in [7, 11) is 0. The van der Waals surface area contributed by atoms with E-state index in [0.29, 0.717) is 38.1 Å². The van der Waals surface area contributed by atoms with Gasteiger partial charge < -0.3 is 19.5 Å². The van der Waals surface area contributed by atoms with E-state index in [4.69, 9.17) is 9.47 Å². The van der Waals surface area contributed by atoms with Crippen molar-refractivity contribution in [2.75, 3.05) is 19.7 Å². The van der Waals surface area contributed by atoms with Gasteiger partial charge in [-0.25, -0.2) is 9.59 Å². The molecule has 1 aliphatic heterocycles. The van der Waals surface area contributed by atoms with Crippen molar-refractivity contribution in [3.63, 3.8) is 0 Å². The first kappa shape index (κ1) is 20.2. The highest BCUT2D eigenvalue weighted by atomic mass is 16.6. The largest absolute Gasteiger partial charge is 0.462 e. The van der Waals surface area contributed by atoms with Gasteiger partial charge in [-0.2, -0.15) is 0 Å². The van der Waals surface area contributed by atoms with E-state index < -0.39 is 11.7 Å². The van der Waals surface area contributed by atoms with Crippen LogP contribution in [0.5, 0.6) is 0 Å². The Bertz CT molecular complexity index is 612. The summed E-state index contributed by atoms with van der Waals surface area (Å²) in [5, 5.41) is 10.6. The molecule has 1 aliphatic rings. The summed E-state index contributed by atoms with van der Waals surface area (Å²) in [6.07, 6.45) is 0.497. The van der Waals surface area contributed by atoms with Crippen LogP contribution in [0.4, 0.5) is 4.79 Å². The third-order valence-electron chi connectivity index (χ3n) is 4.40. The molecular formula is C20H29NO5. The summed E-state index contributed by atoms with van der Waals surface area (Å²) in [4.78, 5) is 25.5. The monoisotopic (exact) mass is 363 g/mol. The molecular weight excluding hydrogens is 334 g/mol. The second-order valence-corrected chi connectivity index (χ2v) is 7.59. The lowest BCUT2D eigenvalue weighted by molar-refractivity contribution is 0.00767. The quantitative estimate of drug-likeness (QED) is 0.828. The number of esters is 1. The van der Waals surface area contributed by atoms with Crippen LogP contribution in [0, 0.1) is 5.92 Å². The SMILES string of the molecule is CCOC(=O)c1ccc(C(O)C2CCN(C(=O)OC(C)(C)C)CC2)cc1. The lowest BCUT2D eigenvalue weighted by Gasteiger charge is -2.35. The third kappa shape index (κ3) is 5.46. The summed E-state index contributed by atoms with van der Waals surface area (Å²) >= 11 is 0. The molecule has 0 aromatic heterocycles. The van der Waals surface area contributed by atoms with E-state index in [-0.39, 0.29) is 18.0 Å². The fraction of sp³-hybridized carbons (Fsp3) is 0.600. The van der Waals surface area contributed by atoms with Crippen LogP contribution in [0.2, 0.25) is 0 Å². The normalized spacial score (nSPS) is 16.9. The molecule has 0 aliphatic carbocycles. The van der Waals surface area contributed by atoms with Crippen LogP contribution >= 0.6 is 0 Å². The average Bonchev–Trinajstić information content (AvgIpc) is 2.60. The Morgan fingerprint density at radius 2 is 1.77 bits per heavy atom. The first-order chi connectivity index (χ1) is 12.2. The summed E-state index contributed by atoms with van der Waals surface area (Å²) in [6.45, 7) is 8.78. The molecule has 0 spiro atoms. The van der Waals surface area contributed by atoms with Gasteiger partial charge in [0.1, 0.15) is 5.60 Å². The van der Waals surface area contributed by atoms with E-state index >= 15 is 0 Å². The highest BCUT2D eigenvalue weighted by Gasteiger charge is 2.30. The molecule has 1 N–H and O–H groups in total. The van der Waals surface area contributed by atoms with Gasteiger partial charge in [0.25, 0.3) is 0 Å². The zero-order valence-electron chi connectivity index (χ0n) is 16.0.